The Bertz CT molecular complexity index is 1040. The largest absolute Gasteiger partial charge is 0.458 e. The minimum Gasteiger partial charge on any atom is -0.458 e. The zero-order chi connectivity index (χ0) is 28.7. The molecule has 6 aliphatic rings. The fourth-order valence-corrected chi connectivity index (χ4v) is 10.0. The van der Waals surface area contributed by atoms with Gasteiger partial charge in [-0.2, -0.15) is 0 Å². The second-order valence-corrected chi connectivity index (χ2v) is 13.6. The van der Waals surface area contributed by atoms with Crippen LogP contribution in [0, 0.1) is 28.6 Å². The Labute approximate surface area is 233 Å². The Kier molecular flexibility index (Phi) is 7.20. The van der Waals surface area contributed by atoms with Crippen LogP contribution in [0.25, 0.3) is 0 Å². The normalized spacial score (nSPS) is 52.9. The third kappa shape index (κ3) is 3.92. The van der Waals surface area contributed by atoms with Crippen molar-refractivity contribution in [3.8, 4) is 0 Å². The minimum absolute atomic E-state index is 0.0568. The molecule has 1 saturated heterocycles. The van der Waals surface area contributed by atoms with Crippen LogP contribution in [0.5, 0.6) is 0 Å². The highest BCUT2D eigenvalue weighted by Crippen LogP contribution is 2.70. The Hall–Kier alpha value is -1.15. The van der Waals surface area contributed by atoms with Gasteiger partial charge < -0.3 is 50.0 Å². The minimum atomic E-state index is -1.43. The SMILES string of the molecule is C[C@]12CC[C@H]3[C@@H](CC[C@]4(O)C[C@@H](O[C@@H]5O[C@H]([C@H](O)CO)[C@@H](O)[C@H]5O)CC[C@]34CO)[C@@]1(O)CC[C@@H]2C1=CC(=O)OC1. The van der Waals surface area contributed by atoms with Gasteiger partial charge in [0.2, 0.25) is 0 Å². The molecule has 0 aromatic carbocycles. The van der Waals surface area contributed by atoms with Crippen molar-refractivity contribution < 1.29 is 54.8 Å². The quantitative estimate of drug-likeness (QED) is 0.205. The van der Waals surface area contributed by atoms with Crippen molar-refractivity contribution in [1.29, 1.82) is 0 Å². The highest BCUT2D eigenvalue weighted by molar-refractivity contribution is 5.85. The summed E-state index contributed by atoms with van der Waals surface area (Å²) in [6.07, 6.45) is -0.616. The van der Waals surface area contributed by atoms with Crippen LogP contribution in [0.2, 0.25) is 0 Å². The van der Waals surface area contributed by atoms with E-state index in [-0.39, 0.29) is 43.4 Å². The summed E-state index contributed by atoms with van der Waals surface area (Å²) in [6.45, 7) is 1.56. The second-order valence-electron chi connectivity index (χ2n) is 13.6. The Morgan fingerprint density at radius 2 is 1.77 bits per heavy atom. The molecule has 0 bridgehead atoms. The lowest BCUT2D eigenvalue weighted by molar-refractivity contribution is -0.284. The molecule has 2 heterocycles. The molecule has 0 unspecified atom stereocenters. The molecule has 4 aliphatic carbocycles. The van der Waals surface area contributed by atoms with E-state index >= 15 is 0 Å². The molecule has 0 aromatic rings. The second kappa shape index (κ2) is 9.96. The topological polar surface area (TPSA) is 186 Å². The summed E-state index contributed by atoms with van der Waals surface area (Å²) < 4.78 is 16.8. The van der Waals surface area contributed by atoms with Gasteiger partial charge in [-0.3, -0.25) is 0 Å². The molecule has 11 heteroatoms. The summed E-state index contributed by atoms with van der Waals surface area (Å²) in [6, 6.07) is 0. The van der Waals surface area contributed by atoms with Gasteiger partial charge in [-0.1, -0.05) is 6.92 Å². The third-order valence-corrected chi connectivity index (χ3v) is 12.2. The predicted octanol–water partition coefficient (Wildman–Crippen LogP) is -0.484. The maximum Gasteiger partial charge on any atom is 0.331 e. The third-order valence-electron chi connectivity index (χ3n) is 12.2. The number of ether oxygens (including phenoxy) is 3. The number of esters is 1. The zero-order valence-electron chi connectivity index (χ0n) is 23.0. The number of rotatable bonds is 6. The first-order valence-electron chi connectivity index (χ1n) is 14.8. The van der Waals surface area contributed by atoms with Gasteiger partial charge in [0.25, 0.3) is 0 Å². The molecule has 13 atom stereocenters. The molecular weight excluding hydrogens is 524 g/mol. The van der Waals surface area contributed by atoms with E-state index in [0.29, 0.717) is 38.5 Å². The molecule has 226 valence electrons. The van der Waals surface area contributed by atoms with E-state index < -0.39 is 65.4 Å². The Balaban J connectivity index is 1.20. The van der Waals surface area contributed by atoms with Gasteiger partial charge in [-0.05, 0) is 74.7 Å². The monoisotopic (exact) mass is 568 g/mol. The van der Waals surface area contributed by atoms with Crippen LogP contribution in [0.4, 0.5) is 0 Å². The number of hydrogen-bond acceptors (Lipinski definition) is 11. The number of aliphatic hydroxyl groups excluding tert-OH is 5. The van der Waals surface area contributed by atoms with E-state index in [1.807, 2.05) is 0 Å². The van der Waals surface area contributed by atoms with Crippen LogP contribution in [0.15, 0.2) is 11.6 Å². The lowest BCUT2D eigenvalue weighted by Gasteiger charge is -2.66. The average Bonchev–Trinajstić information content (AvgIpc) is 3.57. The fourth-order valence-electron chi connectivity index (χ4n) is 10.0. The predicted molar refractivity (Wildman–Crippen MR) is 137 cm³/mol. The van der Waals surface area contributed by atoms with E-state index in [2.05, 4.69) is 6.92 Å². The molecule has 2 aliphatic heterocycles. The summed E-state index contributed by atoms with van der Waals surface area (Å²) in [7, 11) is 0. The van der Waals surface area contributed by atoms with Crippen LogP contribution in [-0.2, 0) is 19.0 Å². The lowest BCUT2D eigenvalue weighted by atomic mass is 9.41. The molecular formula is C29H44O11. The molecule has 40 heavy (non-hydrogen) atoms. The van der Waals surface area contributed by atoms with E-state index in [4.69, 9.17) is 14.2 Å². The van der Waals surface area contributed by atoms with Crippen LogP contribution in [-0.4, -0.2) is 110 Å². The van der Waals surface area contributed by atoms with Crippen LogP contribution >= 0.6 is 0 Å². The van der Waals surface area contributed by atoms with Crippen LogP contribution in [0.1, 0.15) is 64.7 Å². The van der Waals surface area contributed by atoms with Crippen LogP contribution < -0.4 is 0 Å². The summed E-state index contributed by atoms with van der Waals surface area (Å²) in [5, 5.41) is 75.3. The van der Waals surface area contributed by atoms with Crippen molar-refractivity contribution in [1.82, 2.24) is 0 Å². The van der Waals surface area contributed by atoms with Gasteiger partial charge in [0.05, 0.1) is 30.5 Å². The maximum atomic E-state index is 12.4. The van der Waals surface area contributed by atoms with E-state index in [1.54, 1.807) is 6.08 Å². The van der Waals surface area contributed by atoms with E-state index in [9.17, 15) is 40.5 Å². The molecule has 0 spiro atoms. The Morgan fingerprint density at radius 1 is 1.02 bits per heavy atom. The van der Waals surface area contributed by atoms with E-state index in [1.165, 1.54) is 0 Å². The average molecular weight is 569 g/mol. The molecule has 6 rings (SSSR count). The van der Waals surface area contributed by atoms with Gasteiger partial charge in [0, 0.05) is 23.3 Å². The summed E-state index contributed by atoms with van der Waals surface area (Å²) in [4.78, 5) is 11.8. The summed E-state index contributed by atoms with van der Waals surface area (Å²) in [5.41, 5.74) is -2.52. The molecule has 0 radical (unpaired) electrons. The highest BCUT2D eigenvalue weighted by Gasteiger charge is 2.71. The number of carbonyl (C=O) groups is 1. The van der Waals surface area contributed by atoms with Gasteiger partial charge in [-0.15, -0.1) is 0 Å². The first-order valence-corrected chi connectivity index (χ1v) is 14.8. The van der Waals surface area contributed by atoms with Crippen molar-refractivity contribution in [2.75, 3.05) is 19.8 Å². The molecule has 5 fully saturated rings. The summed E-state index contributed by atoms with van der Waals surface area (Å²) in [5.74, 6) is -0.464. The van der Waals surface area contributed by atoms with Gasteiger partial charge in [0.1, 0.15) is 31.0 Å². The number of carbonyl (C=O) groups excluding carboxylic acids is 1. The standard InChI is InChI=1S/C29H44O11/c1-26-6-3-18-19(29(26,37)9-5-17(26)15-10-21(33)38-13-15)4-8-28(36)11-16(2-7-27(18,28)14-31)39-25-23(35)22(34)24(40-25)20(32)12-30/h10,16-20,22-25,30-32,34-37H,2-9,11-14H2,1H3/t16-,17+,18-,19+,20+,22-,23+,24+,25+,26+,27-,28-,29-/m0/s1. The highest BCUT2D eigenvalue weighted by atomic mass is 16.7. The van der Waals surface area contributed by atoms with Crippen molar-refractivity contribution in [2.24, 2.45) is 28.6 Å². The number of hydrogen-bond donors (Lipinski definition) is 7. The molecule has 7 N–H and O–H groups in total. The van der Waals surface area contributed by atoms with Crippen LogP contribution in [0.3, 0.4) is 0 Å². The molecule has 0 amide bonds. The smallest absolute Gasteiger partial charge is 0.331 e. The Morgan fingerprint density at radius 3 is 2.45 bits per heavy atom. The summed E-state index contributed by atoms with van der Waals surface area (Å²) >= 11 is 0. The zero-order valence-corrected chi connectivity index (χ0v) is 23.0. The first kappa shape index (κ1) is 28.9. The number of aliphatic hydroxyl groups is 7. The first-order chi connectivity index (χ1) is 18.9. The van der Waals surface area contributed by atoms with Crippen molar-refractivity contribution in [3.63, 3.8) is 0 Å². The van der Waals surface area contributed by atoms with Crippen molar-refractivity contribution >= 4 is 5.97 Å². The number of fused-ring (bicyclic) bond motifs is 5. The number of cyclic esters (lactones) is 1. The van der Waals surface area contributed by atoms with Gasteiger partial charge in [0.15, 0.2) is 6.29 Å². The van der Waals surface area contributed by atoms with Gasteiger partial charge in [-0.25, -0.2) is 4.79 Å². The lowest BCUT2D eigenvalue weighted by Crippen LogP contribution is -2.69. The van der Waals surface area contributed by atoms with Crippen molar-refractivity contribution in [2.45, 2.75) is 113 Å². The van der Waals surface area contributed by atoms with E-state index in [0.717, 1.165) is 18.4 Å². The molecule has 11 nitrogen and oxygen atoms in total. The molecule has 0 aromatic heterocycles. The fraction of sp³-hybridized carbons (Fsp3) is 0.897. The van der Waals surface area contributed by atoms with Gasteiger partial charge >= 0.3 is 5.97 Å². The maximum absolute atomic E-state index is 12.4. The van der Waals surface area contributed by atoms with Crippen molar-refractivity contribution in [3.05, 3.63) is 11.6 Å². The molecule has 4 saturated carbocycles.